The molecule has 112 valence electrons. The Morgan fingerprint density at radius 1 is 1.43 bits per heavy atom. The quantitative estimate of drug-likeness (QED) is 0.869. The van der Waals surface area contributed by atoms with Crippen LogP contribution < -0.4 is 4.74 Å². The van der Waals surface area contributed by atoms with Crippen LogP contribution in [0.4, 0.5) is 4.39 Å². The highest BCUT2D eigenvalue weighted by Crippen LogP contribution is 2.19. The molecule has 0 aliphatic heterocycles. The van der Waals surface area contributed by atoms with Crippen molar-refractivity contribution in [2.24, 2.45) is 0 Å². The molecule has 1 amide bonds. The van der Waals surface area contributed by atoms with Gasteiger partial charge in [0.1, 0.15) is 17.3 Å². The number of carbonyl (C=O) groups excluding carboxylic acids is 1. The molecule has 1 heterocycles. The molecule has 1 aromatic carbocycles. The fraction of sp³-hybridized carbons (Fsp3) is 0.333. The summed E-state index contributed by atoms with van der Waals surface area (Å²) in [7, 11) is 3.05. The molecule has 0 bridgehead atoms. The Morgan fingerprint density at radius 2 is 2.14 bits per heavy atom. The summed E-state index contributed by atoms with van der Waals surface area (Å²) in [5.41, 5.74) is 1.56. The second-order valence-electron chi connectivity index (χ2n) is 4.81. The Kier molecular flexibility index (Phi) is 4.26. The van der Waals surface area contributed by atoms with Crippen molar-refractivity contribution in [1.82, 2.24) is 10.1 Å². The van der Waals surface area contributed by atoms with E-state index < -0.39 is 11.7 Å². The number of aryl methyl sites for hydroxylation is 2. The van der Waals surface area contributed by atoms with E-state index in [0.717, 1.165) is 11.3 Å². The summed E-state index contributed by atoms with van der Waals surface area (Å²) < 4.78 is 23.9. The standard InChI is InChI=1S/C15H17FN2O3/c1-9-13(10(2)21-17-9)8-18(3)15(19)12-6-5-11(20-4)7-14(12)16/h5-7H,8H2,1-4H3. The zero-order valence-electron chi connectivity index (χ0n) is 12.4. The van der Waals surface area contributed by atoms with Crippen molar-refractivity contribution in [3.8, 4) is 5.75 Å². The molecule has 0 aliphatic carbocycles. The van der Waals surface area contributed by atoms with Gasteiger partial charge in [-0.15, -0.1) is 0 Å². The molecular weight excluding hydrogens is 275 g/mol. The maximum Gasteiger partial charge on any atom is 0.256 e. The highest BCUT2D eigenvalue weighted by molar-refractivity contribution is 5.94. The predicted octanol–water partition coefficient (Wildman–Crippen LogP) is 2.71. The molecule has 1 aromatic heterocycles. The Labute approximate surface area is 122 Å². The topological polar surface area (TPSA) is 55.6 Å². The molecule has 0 saturated carbocycles. The fourth-order valence-electron chi connectivity index (χ4n) is 2.04. The Morgan fingerprint density at radius 3 is 2.67 bits per heavy atom. The monoisotopic (exact) mass is 292 g/mol. The van der Waals surface area contributed by atoms with Crippen molar-refractivity contribution in [1.29, 1.82) is 0 Å². The van der Waals surface area contributed by atoms with E-state index in [9.17, 15) is 9.18 Å². The molecule has 5 nitrogen and oxygen atoms in total. The molecule has 6 heteroatoms. The number of halogens is 1. The average Bonchev–Trinajstić information content (AvgIpc) is 2.78. The third kappa shape index (κ3) is 3.04. The lowest BCUT2D eigenvalue weighted by molar-refractivity contribution is 0.0780. The van der Waals surface area contributed by atoms with Gasteiger partial charge in [-0.3, -0.25) is 4.79 Å². The molecule has 0 fully saturated rings. The van der Waals surface area contributed by atoms with Gasteiger partial charge in [-0.1, -0.05) is 5.16 Å². The number of hydrogen-bond donors (Lipinski definition) is 0. The number of carbonyl (C=O) groups is 1. The summed E-state index contributed by atoms with van der Waals surface area (Å²) >= 11 is 0. The molecular formula is C15H17FN2O3. The molecule has 0 N–H and O–H groups in total. The molecule has 0 saturated heterocycles. The van der Waals surface area contributed by atoms with E-state index in [1.807, 2.05) is 0 Å². The SMILES string of the molecule is COc1ccc(C(=O)N(C)Cc2c(C)noc2C)c(F)c1. The summed E-state index contributed by atoms with van der Waals surface area (Å²) in [4.78, 5) is 13.7. The minimum Gasteiger partial charge on any atom is -0.497 e. The van der Waals surface area contributed by atoms with E-state index in [1.165, 1.54) is 24.1 Å². The van der Waals surface area contributed by atoms with Crippen LogP contribution in [0, 0.1) is 19.7 Å². The van der Waals surface area contributed by atoms with Crippen LogP contribution in [0.3, 0.4) is 0 Å². The Bertz CT molecular complexity index is 647. The van der Waals surface area contributed by atoms with E-state index in [-0.39, 0.29) is 5.56 Å². The first-order chi connectivity index (χ1) is 9.93. The number of aromatic nitrogens is 1. The van der Waals surface area contributed by atoms with Crippen molar-refractivity contribution in [3.63, 3.8) is 0 Å². The number of rotatable bonds is 4. The lowest BCUT2D eigenvalue weighted by atomic mass is 10.1. The van der Waals surface area contributed by atoms with E-state index in [2.05, 4.69) is 5.16 Å². The minimum atomic E-state index is -0.607. The first kappa shape index (κ1) is 15.0. The lowest BCUT2D eigenvalue weighted by Crippen LogP contribution is -2.27. The molecule has 0 unspecified atom stereocenters. The third-order valence-corrected chi connectivity index (χ3v) is 3.33. The van der Waals surface area contributed by atoms with Crippen LogP contribution in [0.25, 0.3) is 0 Å². The Balaban J connectivity index is 2.20. The average molecular weight is 292 g/mol. The molecule has 2 aromatic rings. The van der Waals surface area contributed by atoms with E-state index in [1.54, 1.807) is 27.0 Å². The second kappa shape index (κ2) is 5.95. The summed E-state index contributed by atoms with van der Waals surface area (Å²) in [6.07, 6.45) is 0. The van der Waals surface area contributed by atoms with Crippen molar-refractivity contribution < 1.29 is 18.4 Å². The van der Waals surface area contributed by atoms with Gasteiger partial charge in [0.2, 0.25) is 0 Å². The lowest BCUT2D eigenvalue weighted by Gasteiger charge is -2.17. The number of nitrogens with zero attached hydrogens (tertiary/aromatic N) is 2. The highest BCUT2D eigenvalue weighted by atomic mass is 19.1. The zero-order chi connectivity index (χ0) is 15.6. The summed E-state index contributed by atoms with van der Waals surface area (Å²) in [6, 6.07) is 4.16. The van der Waals surface area contributed by atoms with Gasteiger partial charge >= 0.3 is 0 Å². The zero-order valence-corrected chi connectivity index (χ0v) is 12.4. The molecule has 0 spiro atoms. The summed E-state index contributed by atoms with van der Waals surface area (Å²) in [6.45, 7) is 3.89. The first-order valence-electron chi connectivity index (χ1n) is 6.44. The highest BCUT2D eigenvalue weighted by Gasteiger charge is 2.19. The van der Waals surface area contributed by atoms with Crippen LogP contribution in [-0.4, -0.2) is 30.1 Å². The van der Waals surface area contributed by atoms with Crippen molar-refractivity contribution in [3.05, 3.63) is 46.6 Å². The van der Waals surface area contributed by atoms with Gasteiger partial charge in [0.15, 0.2) is 0 Å². The fourth-order valence-corrected chi connectivity index (χ4v) is 2.04. The molecule has 2 rings (SSSR count). The van der Waals surface area contributed by atoms with Crippen molar-refractivity contribution in [2.45, 2.75) is 20.4 Å². The van der Waals surface area contributed by atoms with Gasteiger partial charge in [0.25, 0.3) is 5.91 Å². The van der Waals surface area contributed by atoms with Gasteiger partial charge in [-0.2, -0.15) is 0 Å². The molecule has 0 aliphatic rings. The number of amides is 1. The van der Waals surface area contributed by atoms with Gasteiger partial charge in [-0.05, 0) is 26.0 Å². The first-order valence-corrected chi connectivity index (χ1v) is 6.44. The normalized spacial score (nSPS) is 10.5. The number of methoxy groups -OCH3 is 1. The Hall–Kier alpha value is -2.37. The van der Waals surface area contributed by atoms with Crippen molar-refractivity contribution >= 4 is 5.91 Å². The van der Waals surface area contributed by atoms with Gasteiger partial charge in [0, 0.05) is 18.7 Å². The smallest absolute Gasteiger partial charge is 0.256 e. The third-order valence-electron chi connectivity index (χ3n) is 3.33. The summed E-state index contributed by atoms with van der Waals surface area (Å²) in [5, 5.41) is 3.84. The summed E-state index contributed by atoms with van der Waals surface area (Å²) in [5.74, 6) is 0.0138. The molecule has 0 atom stereocenters. The second-order valence-corrected chi connectivity index (χ2v) is 4.81. The number of hydrogen-bond acceptors (Lipinski definition) is 4. The van der Waals surface area contributed by atoms with E-state index >= 15 is 0 Å². The van der Waals surface area contributed by atoms with E-state index in [0.29, 0.717) is 18.1 Å². The number of ether oxygens (including phenoxy) is 1. The number of benzene rings is 1. The molecule has 21 heavy (non-hydrogen) atoms. The van der Waals surface area contributed by atoms with Gasteiger partial charge in [0.05, 0.1) is 24.9 Å². The van der Waals surface area contributed by atoms with Gasteiger partial charge in [-0.25, -0.2) is 4.39 Å². The van der Waals surface area contributed by atoms with Crippen LogP contribution in [0.2, 0.25) is 0 Å². The predicted molar refractivity (Wildman–Crippen MR) is 74.7 cm³/mol. The minimum absolute atomic E-state index is 0.00469. The van der Waals surface area contributed by atoms with Crippen LogP contribution in [0.15, 0.2) is 22.7 Å². The molecule has 0 radical (unpaired) electrons. The van der Waals surface area contributed by atoms with Crippen LogP contribution in [-0.2, 0) is 6.54 Å². The largest absolute Gasteiger partial charge is 0.497 e. The van der Waals surface area contributed by atoms with Crippen LogP contribution in [0.1, 0.15) is 27.4 Å². The maximum atomic E-state index is 13.9. The van der Waals surface area contributed by atoms with E-state index in [4.69, 9.17) is 9.26 Å². The maximum absolute atomic E-state index is 13.9. The van der Waals surface area contributed by atoms with Crippen LogP contribution >= 0.6 is 0 Å². The van der Waals surface area contributed by atoms with Crippen molar-refractivity contribution in [2.75, 3.05) is 14.2 Å². The van der Waals surface area contributed by atoms with Gasteiger partial charge < -0.3 is 14.2 Å². The van der Waals surface area contributed by atoms with Crippen LogP contribution in [0.5, 0.6) is 5.75 Å².